The number of hydrogen-bond acceptors (Lipinski definition) is 1. The summed E-state index contributed by atoms with van der Waals surface area (Å²) in [5, 5.41) is 0. The summed E-state index contributed by atoms with van der Waals surface area (Å²) in [5.74, 6) is 0. The molecule has 0 aliphatic heterocycles. The summed E-state index contributed by atoms with van der Waals surface area (Å²) in [7, 11) is 0. The highest BCUT2D eigenvalue weighted by Gasteiger charge is 2.40. The van der Waals surface area contributed by atoms with Crippen LogP contribution in [0.15, 0.2) is 24.3 Å². The normalized spacial score (nSPS) is 19.4. The van der Waals surface area contributed by atoms with Crippen molar-refractivity contribution < 1.29 is 13.2 Å². The van der Waals surface area contributed by atoms with Crippen LogP contribution in [-0.2, 0) is 11.7 Å². The maximum Gasteiger partial charge on any atom is 0.416 e. The van der Waals surface area contributed by atoms with E-state index in [9.17, 15) is 13.2 Å². The highest BCUT2D eigenvalue weighted by Crippen LogP contribution is 2.43. The predicted molar refractivity (Wildman–Crippen MR) is 46.5 cm³/mol. The Morgan fingerprint density at radius 1 is 1.07 bits per heavy atom. The molecule has 1 saturated carbocycles. The molecule has 0 aromatic heterocycles. The van der Waals surface area contributed by atoms with E-state index < -0.39 is 11.7 Å². The van der Waals surface area contributed by atoms with Crippen LogP contribution in [0.25, 0.3) is 0 Å². The van der Waals surface area contributed by atoms with Crippen LogP contribution in [0.5, 0.6) is 0 Å². The molecule has 1 aromatic carbocycles. The van der Waals surface area contributed by atoms with Gasteiger partial charge in [-0.25, -0.2) is 0 Å². The van der Waals surface area contributed by atoms with Crippen molar-refractivity contribution >= 4 is 0 Å². The maximum atomic E-state index is 12.2. The van der Waals surface area contributed by atoms with Crippen molar-refractivity contribution in [1.82, 2.24) is 0 Å². The highest BCUT2D eigenvalue weighted by atomic mass is 19.4. The van der Waals surface area contributed by atoms with Crippen molar-refractivity contribution in [3.63, 3.8) is 0 Å². The molecule has 76 valence electrons. The van der Waals surface area contributed by atoms with E-state index in [0.29, 0.717) is 0 Å². The lowest BCUT2D eigenvalue weighted by atomic mass is 10.0. The van der Waals surface area contributed by atoms with Crippen LogP contribution in [0.1, 0.15) is 24.0 Å². The number of benzene rings is 1. The quantitative estimate of drug-likeness (QED) is 0.742. The number of rotatable bonds is 1. The largest absolute Gasteiger partial charge is 0.416 e. The number of alkyl halides is 3. The Labute approximate surface area is 79.7 Å². The zero-order valence-corrected chi connectivity index (χ0v) is 7.43. The van der Waals surface area contributed by atoms with E-state index in [4.69, 9.17) is 5.73 Å². The van der Waals surface area contributed by atoms with E-state index in [1.807, 2.05) is 0 Å². The monoisotopic (exact) mass is 201 g/mol. The van der Waals surface area contributed by atoms with Gasteiger partial charge in [0.05, 0.1) is 5.56 Å². The minimum atomic E-state index is -4.26. The molecule has 1 fully saturated rings. The van der Waals surface area contributed by atoms with Gasteiger partial charge in [0.1, 0.15) is 0 Å². The summed E-state index contributed by atoms with van der Waals surface area (Å²) in [6, 6.07) is 5.11. The molecule has 0 saturated heterocycles. The molecular formula is C10H10F3N. The molecular weight excluding hydrogens is 191 g/mol. The molecule has 1 aliphatic carbocycles. The van der Waals surface area contributed by atoms with E-state index in [0.717, 1.165) is 30.5 Å². The fourth-order valence-corrected chi connectivity index (χ4v) is 1.41. The highest BCUT2D eigenvalue weighted by molar-refractivity contribution is 5.33. The SMILES string of the molecule is NC1(c2ccc(C(F)(F)F)cc2)CC1. The minimum absolute atomic E-state index is 0.357. The van der Waals surface area contributed by atoms with E-state index in [-0.39, 0.29) is 5.54 Å². The van der Waals surface area contributed by atoms with E-state index >= 15 is 0 Å². The second-order valence-corrected chi connectivity index (χ2v) is 3.73. The minimum Gasteiger partial charge on any atom is -0.321 e. The van der Waals surface area contributed by atoms with Crippen LogP contribution in [0.2, 0.25) is 0 Å². The van der Waals surface area contributed by atoms with E-state index in [1.54, 1.807) is 0 Å². The molecule has 4 heteroatoms. The molecule has 0 atom stereocenters. The summed E-state index contributed by atoms with van der Waals surface area (Å²) >= 11 is 0. The van der Waals surface area contributed by atoms with Gasteiger partial charge in [-0.3, -0.25) is 0 Å². The van der Waals surface area contributed by atoms with Gasteiger partial charge in [0, 0.05) is 5.54 Å². The van der Waals surface area contributed by atoms with E-state index in [1.165, 1.54) is 12.1 Å². The fourth-order valence-electron chi connectivity index (χ4n) is 1.41. The Bertz CT molecular complexity index is 311. The second-order valence-electron chi connectivity index (χ2n) is 3.73. The van der Waals surface area contributed by atoms with Crippen LogP contribution in [0, 0.1) is 0 Å². The summed E-state index contributed by atoms with van der Waals surface area (Å²) < 4.78 is 36.6. The lowest BCUT2D eigenvalue weighted by Crippen LogP contribution is -2.18. The average Bonchev–Trinajstić information content (AvgIpc) is 2.84. The van der Waals surface area contributed by atoms with Crippen molar-refractivity contribution in [1.29, 1.82) is 0 Å². The number of hydrogen-bond donors (Lipinski definition) is 1. The Hall–Kier alpha value is -1.03. The van der Waals surface area contributed by atoms with Gasteiger partial charge < -0.3 is 5.73 Å². The molecule has 1 aliphatic rings. The van der Waals surface area contributed by atoms with Crippen molar-refractivity contribution in [2.45, 2.75) is 24.6 Å². The number of halogens is 3. The molecule has 1 nitrogen and oxygen atoms in total. The zero-order valence-electron chi connectivity index (χ0n) is 7.43. The second kappa shape index (κ2) is 2.73. The Kier molecular flexibility index (Phi) is 1.86. The van der Waals surface area contributed by atoms with Crippen LogP contribution >= 0.6 is 0 Å². The summed E-state index contributed by atoms with van der Waals surface area (Å²) in [6.45, 7) is 0. The molecule has 2 N–H and O–H groups in total. The Morgan fingerprint density at radius 3 is 1.93 bits per heavy atom. The fraction of sp³-hybridized carbons (Fsp3) is 0.400. The zero-order chi connectivity index (χ0) is 10.4. The molecule has 0 spiro atoms. The number of nitrogens with two attached hydrogens (primary N) is 1. The van der Waals surface area contributed by atoms with Gasteiger partial charge in [-0.15, -0.1) is 0 Å². The first-order valence-corrected chi connectivity index (χ1v) is 4.38. The van der Waals surface area contributed by atoms with E-state index in [2.05, 4.69) is 0 Å². The molecule has 0 unspecified atom stereocenters. The van der Waals surface area contributed by atoms with Gasteiger partial charge in [-0.2, -0.15) is 13.2 Å². The molecule has 0 bridgehead atoms. The van der Waals surface area contributed by atoms with Gasteiger partial charge in [0.2, 0.25) is 0 Å². The van der Waals surface area contributed by atoms with Crippen LogP contribution in [-0.4, -0.2) is 0 Å². The third kappa shape index (κ3) is 1.62. The van der Waals surface area contributed by atoms with Gasteiger partial charge in [0.15, 0.2) is 0 Å². The molecule has 1 aromatic rings. The van der Waals surface area contributed by atoms with Crippen molar-refractivity contribution in [3.05, 3.63) is 35.4 Å². The Morgan fingerprint density at radius 2 is 1.57 bits per heavy atom. The third-order valence-corrected chi connectivity index (χ3v) is 2.58. The van der Waals surface area contributed by atoms with Crippen molar-refractivity contribution in [2.24, 2.45) is 5.73 Å². The van der Waals surface area contributed by atoms with Crippen LogP contribution in [0.3, 0.4) is 0 Å². The molecule has 0 radical (unpaired) electrons. The van der Waals surface area contributed by atoms with Gasteiger partial charge >= 0.3 is 6.18 Å². The van der Waals surface area contributed by atoms with Gasteiger partial charge in [-0.1, -0.05) is 12.1 Å². The smallest absolute Gasteiger partial charge is 0.321 e. The summed E-state index contributed by atoms with van der Waals surface area (Å²) in [5.41, 5.74) is 5.67. The molecule has 0 amide bonds. The lowest BCUT2D eigenvalue weighted by Gasteiger charge is -2.11. The molecule has 2 rings (SSSR count). The van der Waals surface area contributed by atoms with Gasteiger partial charge in [0.25, 0.3) is 0 Å². The summed E-state index contributed by atoms with van der Waals surface area (Å²) in [4.78, 5) is 0. The third-order valence-electron chi connectivity index (χ3n) is 2.58. The van der Waals surface area contributed by atoms with Crippen LogP contribution in [0.4, 0.5) is 13.2 Å². The lowest BCUT2D eigenvalue weighted by molar-refractivity contribution is -0.137. The maximum absolute atomic E-state index is 12.2. The van der Waals surface area contributed by atoms with Crippen molar-refractivity contribution in [2.75, 3.05) is 0 Å². The first kappa shape index (κ1) is 9.52. The standard InChI is InChI=1S/C10H10F3N/c11-10(12,13)8-3-1-7(2-4-8)9(14)5-6-9/h1-4H,5-6,14H2. The Balaban J connectivity index is 2.27. The first-order chi connectivity index (χ1) is 6.42. The topological polar surface area (TPSA) is 26.0 Å². The van der Waals surface area contributed by atoms with Crippen LogP contribution < -0.4 is 5.73 Å². The summed E-state index contributed by atoms with van der Waals surface area (Å²) in [6.07, 6.45) is -2.54. The predicted octanol–water partition coefficient (Wildman–Crippen LogP) is 2.65. The first-order valence-electron chi connectivity index (χ1n) is 4.38. The average molecular weight is 201 g/mol. The van der Waals surface area contributed by atoms with Gasteiger partial charge in [-0.05, 0) is 30.5 Å². The van der Waals surface area contributed by atoms with Crippen molar-refractivity contribution in [3.8, 4) is 0 Å². The molecule has 14 heavy (non-hydrogen) atoms. The molecule has 0 heterocycles.